The molecule has 3 aromatic rings. The zero-order valence-electron chi connectivity index (χ0n) is 14.5. The Hall–Kier alpha value is -3.18. The van der Waals surface area contributed by atoms with Crippen LogP contribution in [0.2, 0.25) is 5.02 Å². The van der Waals surface area contributed by atoms with Crippen LogP contribution in [0.3, 0.4) is 0 Å². The van der Waals surface area contributed by atoms with Gasteiger partial charge in [-0.25, -0.2) is 0 Å². The minimum Gasteiger partial charge on any atom is -0.350 e. The van der Waals surface area contributed by atoms with Crippen molar-refractivity contribution in [1.82, 2.24) is 10.3 Å². The van der Waals surface area contributed by atoms with E-state index in [9.17, 15) is 9.59 Å². The van der Waals surface area contributed by atoms with Crippen molar-refractivity contribution in [3.8, 4) is 0 Å². The molecule has 0 saturated heterocycles. The number of hydrogen-bond acceptors (Lipinski definition) is 3. The van der Waals surface area contributed by atoms with Crippen LogP contribution in [-0.4, -0.2) is 23.3 Å². The van der Waals surface area contributed by atoms with E-state index in [2.05, 4.69) is 15.6 Å². The number of benzene rings is 2. The Morgan fingerprint density at radius 1 is 0.926 bits per heavy atom. The van der Waals surface area contributed by atoms with Crippen LogP contribution in [0, 0.1) is 0 Å². The quantitative estimate of drug-likeness (QED) is 0.681. The lowest BCUT2D eigenvalue weighted by Gasteiger charge is -2.08. The molecular formula is C21H18ClN3O2. The first-order chi connectivity index (χ1) is 13.1. The van der Waals surface area contributed by atoms with E-state index in [-0.39, 0.29) is 17.5 Å². The lowest BCUT2D eigenvalue weighted by atomic mass is 10.1. The zero-order valence-corrected chi connectivity index (χ0v) is 15.2. The van der Waals surface area contributed by atoms with E-state index in [0.29, 0.717) is 29.2 Å². The Morgan fingerprint density at radius 2 is 1.67 bits per heavy atom. The first-order valence-electron chi connectivity index (χ1n) is 8.47. The van der Waals surface area contributed by atoms with Crippen LogP contribution in [0.1, 0.15) is 26.4 Å². The van der Waals surface area contributed by atoms with Gasteiger partial charge in [-0.3, -0.25) is 14.6 Å². The number of rotatable bonds is 6. The van der Waals surface area contributed by atoms with Crippen LogP contribution in [0.4, 0.5) is 5.69 Å². The number of nitrogens with zero attached hydrogens (tertiary/aromatic N) is 1. The summed E-state index contributed by atoms with van der Waals surface area (Å²) >= 11 is 5.86. The third-order valence-corrected chi connectivity index (χ3v) is 4.15. The first-order valence-corrected chi connectivity index (χ1v) is 8.85. The number of nitrogens with one attached hydrogen (secondary N) is 2. The Kier molecular flexibility index (Phi) is 6.18. The molecule has 6 heteroatoms. The number of anilines is 1. The summed E-state index contributed by atoms with van der Waals surface area (Å²) < 4.78 is 0. The summed E-state index contributed by atoms with van der Waals surface area (Å²) in [6.45, 7) is 0.461. The number of halogens is 1. The third-order valence-electron chi connectivity index (χ3n) is 3.90. The summed E-state index contributed by atoms with van der Waals surface area (Å²) in [4.78, 5) is 28.7. The molecule has 2 amide bonds. The molecule has 2 N–H and O–H groups in total. The average Bonchev–Trinajstić information content (AvgIpc) is 2.70. The zero-order chi connectivity index (χ0) is 19.1. The predicted molar refractivity (Wildman–Crippen MR) is 106 cm³/mol. The van der Waals surface area contributed by atoms with Gasteiger partial charge in [-0.1, -0.05) is 41.9 Å². The molecule has 0 atom stereocenters. The lowest BCUT2D eigenvalue weighted by molar-refractivity contribution is 0.0949. The van der Waals surface area contributed by atoms with Crippen LogP contribution >= 0.6 is 11.6 Å². The molecule has 0 unspecified atom stereocenters. The first kappa shape index (κ1) is 18.6. The third kappa shape index (κ3) is 5.39. The van der Waals surface area contributed by atoms with Crippen LogP contribution in [0.15, 0.2) is 72.9 Å². The van der Waals surface area contributed by atoms with Crippen molar-refractivity contribution < 1.29 is 9.59 Å². The summed E-state index contributed by atoms with van der Waals surface area (Å²) in [7, 11) is 0. The molecule has 136 valence electrons. The molecule has 2 aromatic carbocycles. The molecule has 0 radical (unpaired) electrons. The molecule has 0 spiro atoms. The smallest absolute Gasteiger partial charge is 0.269 e. The Labute approximate surface area is 162 Å². The van der Waals surface area contributed by atoms with Crippen molar-refractivity contribution in [2.75, 3.05) is 11.9 Å². The number of aromatic nitrogens is 1. The minimum absolute atomic E-state index is 0.201. The van der Waals surface area contributed by atoms with E-state index in [1.807, 2.05) is 42.5 Å². The molecule has 1 aromatic heterocycles. The number of para-hydroxylation sites is 1. The summed E-state index contributed by atoms with van der Waals surface area (Å²) in [5, 5.41) is 6.27. The molecule has 0 bridgehead atoms. The highest BCUT2D eigenvalue weighted by atomic mass is 35.5. The van der Waals surface area contributed by atoms with Gasteiger partial charge in [0, 0.05) is 29.0 Å². The molecule has 0 aliphatic carbocycles. The SMILES string of the molecule is O=C(Nc1ccccc1)c1ccnc(C(=O)NCCc2ccc(Cl)cc2)c1. The van der Waals surface area contributed by atoms with Crippen LogP contribution in [0.5, 0.6) is 0 Å². The largest absolute Gasteiger partial charge is 0.350 e. The summed E-state index contributed by atoms with van der Waals surface area (Å²) in [5.41, 5.74) is 2.33. The summed E-state index contributed by atoms with van der Waals surface area (Å²) in [6.07, 6.45) is 2.13. The number of amides is 2. The maximum Gasteiger partial charge on any atom is 0.269 e. The number of hydrogen-bond donors (Lipinski definition) is 2. The maximum absolute atomic E-state index is 12.3. The van der Waals surface area contributed by atoms with Crippen molar-refractivity contribution >= 4 is 29.1 Å². The Bertz CT molecular complexity index is 928. The molecule has 1 heterocycles. The van der Waals surface area contributed by atoms with E-state index in [4.69, 9.17) is 11.6 Å². The highest BCUT2D eigenvalue weighted by Crippen LogP contribution is 2.11. The molecule has 0 saturated carbocycles. The van der Waals surface area contributed by atoms with Crippen LogP contribution < -0.4 is 10.6 Å². The molecule has 0 aliphatic rings. The fourth-order valence-corrected chi connectivity index (χ4v) is 2.61. The maximum atomic E-state index is 12.3. The molecule has 3 rings (SSSR count). The standard InChI is InChI=1S/C21H18ClN3O2/c22-17-8-6-15(7-9-17)10-12-24-21(27)19-14-16(11-13-23-19)20(26)25-18-4-2-1-3-5-18/h1-9,11,13-14H,10,12H2,(H,24,27)(H,25,26). The summed E-state index contributed by atoms with van der Waals surface area (Å²) in [6, 6.07) is 19.6. The Morgan fingerprint density at radius 3 is 2.41 bits per heavy atom. The van der Waals surface area contributed by atoms with Gasteiger partial charge in [0.25, 0.3) is 11.8 Å². The minimum atomic E-state index is -0.321. The van der Waals surface area contributed by atoms with Gasteiger partial charge in [0.05, 0.1) is 0 Å². The van der Waals surface area contributed by atoms with E-state index in [0.717, 1.165) is 5.56 Å². The van der Waals surface area contributed by atoms with Crippen molar-refractivity contribution in [2.45, 2.75) is 6.42 Å². The number of carbonyl (C=O) groups excluding carboxylic acids is 2. The van der Waals surface area contributed by atoms with Crippen molar-refractivity contribution in [2.24, 2.45) is 0 Å². The van der Waals surface area contributed by atoms with Gasteiger partial charge in [-0.2, -0.15) is 0 Å². The fourth-order valence-electron chi connectivity index (χ4n) is 2.48. The van der Waals surface area contributed by atoms with Gasteiger partial charge in [0.2, 0.25) is 0 Å². The molecule has 0 aliphatic heterocycles. The number of pyridine rings is 1. The average molecular weight is 380 g/mol. The molecule has 5 nitrogen and oxygen atoms in total. The second kappa shape index (κ2) is 8.96. The Balaban J connectivity index is 1.58. The van der Waals surface area contributed by atoms with Gasteiger partial charge in [0.1, 0.15) is 5.69 Å². The normalized spacial score (nSPS) is 10.3. The van der Waals surface area contributed by atoms with Crippen molar-refractivity contribution in [3.05, 3.63) is 94.8 Å². The lowest BCUT2D eigenvalue weighted by Crippen LogP contribution is -2.27. The highest BCUT2D eigenvalue weighted by Gasteiger charge is 2.12. The highest BCUT2D eigenvalue weighted by molar-refractivity contribution is 6.30. The van der Waals surface area contributed by atoms with Gasteiger partial charge < -0.3 is 10.6 Å². The second-order valence-corrected chi connectivity index (χ2v) is 6.32. The monoisotopic (exact) mass is 379 g/mol. The van der Waals surface area contributed by atoms with Crippen LogP contribution in [-0.2, 0) is 6.42 Å². The predicted octanol–water partition coefficient (Wildman–Crippen LogP) is 3.96. The summed E-state index contributed by atoms with van der Waals surface area (Å²) in [5.74, 6) is -0.614. The van der Waals surface area contributed by atoms with Gasteiger partial charge in [0.15, 0.2) is 0 Å². The van der Waals surface area contributed by atoms with E-state index < -0.39 is 0 Å². The second-order valence-electron chi connectivity index (χ2n) is 5.88. The number of carbonyl (C=O) groups is 2. The van der Waals surface area contributed by atoms with Crippen molar-refractivity contribution in [1.29, 1.82) is 0 Å². The van der Waals surface area contributed by atoms with Gasteiger partial charge in [-0.05, 0) is 48.4 Å². The molecule has 27 heavy (non-hydrogen) atoms. The molecular weight excluding hydrogens is 362 g/mol. The fraction of sp³-hybridized carbons (Fsp3) is 0.0952. The molecule has 0 fully saturated rings. The van der Waals surface area contributed by atoms with Crippen LogP contribution in [0.25, 0.3) is 0 Å². The van der Waals surface area contributed by atoms with Gasteiger partial charge >= 0.3 is 0 Å². The van der Waals surface area contributed by atoms with E-state index >= 15 is 0 Å². The van der Waals surface area contributed by atoms with Crippen molar-refractivity contribution in [3.63, 3.8) is 0 Å². The van der Waals surface area contributed by atoms with E-state index in [1.165, 1.54) is 12.3 Å². The topological polar surface area (TPSA) is 71.1 Å². The van der Waals surface area contributed by atoms with Gasteiger partial charge in [-0.15, -0.1) is 0 Å². The van der Waals surface area contributed by atoms with E-state index in [1.54, 1.807) is 18.2 Å².